The van der Waals surface area contributed by atoms with Gasteiger partial charge in [-0.25, -0.2) is 0 Å². The van der Waals surface area contributed by atoms with E-state index in [2.05, 4.69) is 0 Å². The summed E-state index contributed by atoms with van der Waals surface area (Å²) in [5.74, 6) is -0.231. The highest BCUT2D eigenvalue weighted by Gasteiger charge is 2.60. The molecule has 0 radical (unpaired) electrons. The minimum absolute atomic E-state index is 0.115. The van der Waals surface area contributed by atoms with E-state index in [0.717, 1.165) is 0 Å². The molecule has 74 valence electrons. The fourth-order valence-corrected chi connectivity index (χ4v) is 2.63. The molecule has 0 aromatic rings. The van der Waals surface area contributed by atoms with Gasteiger partial charge >= 0.3 is 0 Å². The molecule has 2 atom stereocenters. The summed E-state index contributed by atoms with van der Waals surface area (Å²) < 4.78 is 0. The van der Waals surface area contributed by atoms with Crippen molar-refractivity contribution in [1.29, 1.82) is 0 Å². The molecule has 2 aliphatic rings. The maximum absolute atomic E-state index is 9.59. The van der Waals surface area contributed by atoms with Gasteiger partial charge in [0, 0.05) is 0 Å². The summed E-state index contributed by atoms with van der Waals surface area (Å²) in [6.45, 7) is -0.324. The van der Waals surface area contributed by atoms with Crippen molar-refractivity contribution in [3.8, 4) is 0 Å². The molecule has 4 N–H and O–H groups in total. The first-order chi connectivity index (χ1) is 6.10. The predicted molar refractivity (Wildman–Crippen MR) is 45.2 cm³/mol. The van der Waals surface area contributed by atoms with Crippen LogP contribution in [0.25, 0.3) is 0 Å². The molecular weight excluding hydrogens is 172 g/mol. The molecule has 2 unspecified atom stereocenters. The third kappa shape index (κ3) is 0.823. The normalized spacial score (nSPS) is 43.2. The zero-order valence-corrected chi connectivity index (χ0v) is 7.32. The lowest BCUT2D eigenvalue weighted by atomic mass is 9.86. The van der Waals surface area contributed by atoms with E-state index < -0.39 is 10.8 Å². The van der Waals surface area contributed by atoms with E-state index in [0.29, 0.717) is 19.3 Å². The average Bonchev–Trinajstić information content (AvgIpc) is 2.64. The standard InChI is InChI=1S/C9H14O4/c10-4-8-1-2-9(3-8,5-11)7(13)6(8)12/h10-13H,1-5H2. The molecule has 13 heavy (non-hydrogen) atoms. The molecule has 0 aromatic carbocycles. The summed E-state index contributed by atoms with van der Waals surface area (Å²) >= 11 is 0. The van der Waals surface area contributed by atoms with Crippen LogP contribution in [0.15, 0.2) is 11.5 Å². The summed E-state index contributed by atoms with van der Waals surface area (Å²) in [5.41, 5.74) is -1.35. The van der Waals surface area contributed by atoms with Gasteiger partial charge < -0.3 is 20.4 Å². The van der Waals surface area contributed by atoms with Crippen LogP contribution in [0.5, 0.6) is 0 Å². The molecule has 0 spiro atoms. The van der Waals surface area contributed by atoms with Crippen LogP contribution >= 0.6 is 0 Å². The minimum atomic E-state index is -0.674. The lowest BCUT2D eigenvalue weighted by molar-refractivity contribution is 0.116. The van der Waals surface area contributed by atoms with E-state index in [4.69, 9.17) is 10.2 Å². The van der Waals surface area contributed by atoms with E-state index in [1.165, 1.54) is 0 Å². The van der Waals surface area contributed by atoms with Crippen molar-refractivity contribution in [2.45, 2.75) is 19.3 Å². The molecule has 1 saturated carbocycles. The van der Waals surface area contributed by atoms with Gasteiger partial charge in [0.05, 0.1) is 24.0 Å². The second-order valence-electron chi connectivity index (χ2n) is 4.25. The lowest BCUT2D eigenvalue weighted by Crippen LogP contribution is -2.24. The van der Waals surface area contributed by atoms with E-state index in [-0.39, 0.29) is 24.7 Å². The first kappa shape index (κ1) is 8.84. The predicted octanol–water partition coefficient (Wildman–Crippen LogP) is 0.469. The molecule has 1 fully saturated rings. The number of fused-ring (bicyclic) bond motifs is 2. The second kappa shape index (κ2) is 2.39. The monoisotopic (exact) mass is 186 g/mol. The zero-order chi connectivity index (χ0) is 9.69. The zero-order valence-electron chi connectivity index (χ0n) is 7.32. The van der Waals surface area contributed by atoms with Crippen LogP contribution in [0.4, 0.5) is 0 Å². The molecule has 4 heteroatoms. The second-order valence-corrected chi connectivity index (χ2v) is 4.25. The van der Waals surface area contributed by atoms with Crippen LogP contribution in [-0.2, 0) is 0 Å². The van der Waals surface area contributed by atoms with Crippen molar-refractivity contribution in [3.05, 3.63) is 11.5 Å². The van der Waals surface area contributed by atoms with Gasteiger partial charge in [-0.1, -0.05) is 0 Å². The van der Waals surface area contributed by atoms with Crippen molar-refractivity contribution < 1.29 is 20.4 Å². The highest BCUT2D eigenvalue weighted by molar-refractivity contribution is 5.31. The Bertz CT molecular complexity index is 247. The molecule has 0 amide bonds. The Morgan fingerprint density at radius 2 is 1.31 bits per heavy atom. The number of hydrogen-bond donors (Lipinski definition) is 4. The van der Waals surface area contributed by atoms with E-state index in [1.54, 1.807) is 0 Å². The Kier molecular flexibility index (Phi) is 1.63. The summed E-state index contributed by atoms with van der Waals surface area (Å²) in [5, 5.41) is 37.5. The largest absolute Gasteiger partial charge is 0.508 e. The Morgan fingerprint density at radius 3 is 1.54 bits per heavy atom. The van der Waals surface area contributed by atoms with E-state index in [9.17, 15) is 10.2 Å². The summed E-state index contributed by atoms with van der Waals surface area (Å²) in [6.07, 6.45) is 1.74. The maximum atomic E-state index is 9.59. The molecular formula is C9H14O4. The fourth-order valence-electron chi connectivity index (χ4n) is 2.63. The Hall–Kier alpha value is -0.740. The minimum Gasteiger partial charge on any atom is -0.508 e. The van der Waals surface area contributed by atoms with Crippen molar-refractivity contribution in [2.24, 2.45) is 10.8 Å². The molecule has 2 aliphatic carbocycles. The van der Waals surface area contributed by atoms with Gasteiger partial charge in [-0.3, -0.25) is 0 Å². The first-order valence-electron chi connectivity index (χ1n) is 4.45. The highest BCUT2D eigenvalue weighted by atomic mass is 16.3. The van der Waals surface area contributed by atoms with Crippen molar-refractivity contribution >= 4 is 0 Å². The Balaban J connectivity index is 2.44. The third-order valence-electron chi connectivity index (χ3n) is 3.59. The quantitative estimate of drug-likeness (QED) is 0.505. The van der Waals surface area contributed by atoms with Crippen molar-refractivity contribution in [3.63, 3.8) is 0 Å². The van der Waals surface area contributed by atoms with Gasteiger partial charge in [-0.05, 0) is 19.3 Å². The van der Waals surface area contributed by atoms with Crippen molar-refractivity contribution in [1.82, 2.24) is 0 Å². The number of aliphatic hydroxyl groups is 4. The molecule has 2 rings (SSSR count). The molecule has 0 saturated heterocycles. The summed E-state index contributed by atoms with van der Waals surface area (Å²) in [7, 11) is 0. The van der Waals surface area contributed by atoms with E-state index >= 15 is 0 Å². The number of aliphatic hydroxyl groups excluding tert-OH is 4. The summed E-state index contributed by atoms with van der Waals surface area (Å²) in [6, 6.07) is 0. The first-order valence-corrected chi connectivity index (χ1v) is 4.45. The van der Waals surface area contributed by atoms with Gasteiger partial charge in [-0.2, -0.15) is 0 Å². The SMILES string of the molecule is OCC12CCC(CO)(C1)C(O)=C2O. The van der Waals surface area contributed by atoms with Crippen LogP contribution in [0.2, 0.25) is 0 Å². The van der Waals surface area contributed by atoms with E-state index in [1.807, 2.05) is 0 Å². The topological polar surface area (TPSA) is 80.9 Å². The van der Waals surface area contributed by atoms with Crippen LogP contribution in [0, 0.1) is 10.8 Å². The highest BCUT2D eigenvalue weighted by Crippen LogP contribution is 2.62. The number of rotatable bonds is 2. The lowest BCUT2D eigenvalue weighted by Gasteiger charge is -2.25. The molecule has 4 nitrogen and oxygen atoms in total. The fraction of sp³-hybridized carbons (Fsp3) is 0.778. The van der Waals surface area contributed by atoms with Gasteiger partial charge in [0.15, 0.2) is 0 Å². The van der Waals surface area contributed by atoms with Crippen molar-refractivity contribution in [2.75, 3.05) is 13.2 Å². The van der Waals surface area contributed by atoms with Gasteiger partial charge in [0.1, 0.15) is 11.5 Å². The van der Waals surface area contributed by atoms with Gasteiger partial charge in [0.2, 0.25) is 0 Å². The molecule has 0 heterocycles. The molecule has 2 bridgehead atoms. The van der Waals surface area contributed by atoms with Gasteiger partial charge in [0.25, 0.3) is 0 Å². The van der Waals surface area contributed by atoms with Crippen LogP contribution in [0.1, 0.15) is 19.3 Å². The van der Waals surface area contributed by atoms with Gasteiger partial charge in [-0.15, -0.1) is 0 Å². The van der Waals surface area contributed by atoms with Crippen LogP contribution in [-0.4, -0.2) is 33.6 Å². The average molecular weight is 186 g/mol. The van der Waals surface area contributed by atoms with Crippen LogP contribution < -0.4 is 0 Å². The number of hydrogen-bond acceptors (Lipinski definition) is 4. The molecule has 0 aliphatic heterocycles. The Labute approximate surface area is 76.1 Å². The molecule has 0 aromatic heterocycles. The smallest absolute Gasteiger partial charge is 0.139 e. The Morgan fingerprint density at radius 1 is 0.923 bits per heavy atom. The summed E-state index contributed by atoms with van der Waals surface area (Å²) in [4.78, 5) is 0. The van der Waals surface area contributed by atoms with Crippen LogP contribution in [0.3, 0.4) is 0 Å². The maximum Gasteiger partial charge on any atom is 0.139 e. The third-order valence-corrected chi connectivity index (χ3v) is 3.59.